The highest BCUT2D eigenvalue weighted by Crippen LogP contribution is 2.32. The summed E-state index contributed by atoms with van der Waals surface area (Å²) < 4.78 is 2.23. The van der Waals surface area contributed by atoms with Gasteiger partial charge in [0.15, 0.2) is 5.65 Å². The van der Waals surface area contributed by atoms with Gasteiger partial charge in [0.2, 0.25) is 0 Å². The lowest BCUT2D eigenvalue weighted by atomic mass is 9.88. The number of imidazole rings is 1. The monoisotopic (exact) mass is 327 g/mol. The predicted octanol–water partition coefficient (Wildman–Crippen LogP) is 5.52. The fourth-order valence-electron chi connectivity index (χ4n) is 2.66. The number of fused-ring (bicyclic) bond motifs is 1. The van der Waals surface area contributed by atoms with Crippen LogP contribution in [0.3, 0.4) is 0 Å². The highest BCUT2D eigenvalue weighted by Gasteiger charge is 2.21. The van der Waals surface area contributed by atoms with Gasteiger partial charge < -0.3 is 0 Å². The van der Waals surface area contributed by atoms with Gasteiger partial charge in [0.25, 0.3) is 0 Å². The normalized spacial score (nSPS) is 12.5. The standard InChI is InChI=1S/C19H25N3S/c1-11(2)17-21-15-9-14(19(5,6)7)10-20-18(15)22(17)16-8-12(3)13(4)23-16/h8-11H,1-7H3. The van der Waals surface area contributed by atoms with E-state index < -0.39 is 0 Å². The third kappa shape index (κ3) is 2.80. The molecule has 0 aromatic carbocycles. The summed E-state index contributed by atoms with van der Waals surface area (Å²) in [6, 6.07) is 4.43. The number of hydrogen-bond acceptors (Lipinski definition) is 3. The molecule has 0 aliphatic carbocycles. The highest BCUT2D eigenvalue weighted by molar-refractivity contribution is 7.14. The molecule has 0 N–H and O–H groups in total. The molecule has 0 saturated heterocycles. The first kappa shape index (κ1) is 16.2. The summed E-state index contributed by atoms with van der Waals surface area (Å²) in [7, 11) is 0. The first-order valence-electron chi connectivity index (χ1n) is 8.14. The Morgan fingerprint density at radius 2 is 1.83 bits per heavy atom. The largest absolute Gasteiger partial charge is 0.271 e. The smallest absolute Gasteiger partial charge is 0.165 e. The molecule has 0 spiro atoms. The number of nitrogens with zero attached hydrogens (tertiary/aromatic N) is 3. The molecule has 23 heavy (non-hydrogen) atoms. The molecular formula is C19H25N3S. The van der Waals surface area contributed by atoms with E-state index in [1.54, 1.807) is 0 Å². The SMILES string of the molecule is Cc1cc(-n2c(C(C)C)nc3cc(C(C)(C)C)cnc32)sc1C. The topological polar surface area (TPSA) is 30.7 Å². The third-order valence-corrected chi connectivity index (χ3v) is 5.42. The predicted molar refractivity (Wildman–Crippen MR) is 99.0 cm³/mol. The van der Waals surface area contributed by atoms with Crippen molar-refractivity contribution in [3.05, 3.63) is 40.2 Å². The van der Waals surface area contributed by atoms with Crippen molar-refractivity contribution >= 4 is 22.5 Å². The Hall–Kier alpha value is -1.68. The first-order valence-corrected chi connectivity index (χ1v) is 8.96. The van der Waals surface area contributed by atoms with E-state index in [4.69, 9.17) is 9.97 Å². The summed E-state index contributed by atoms with van der Waals surface area (Å²) in [6.45, 7) is 15.3. The van der Waals surface area contributed by atoms with Crippen LogP contribution in [0.4, 0.5) is 0 Å². The molecule has 3 aromatic rings. The van der Waals surface area contributed by atoms with E-state index in [0.29, 0.717) is 5.92 Å². The molecule has 3 heterocycles. The van der Waals surface area contributed by atoms with Crippen LogP contribution < -0.4 is 0 Å². The van der Waals surface area contributed by atoms with Gasteiger partial charge in [-0.3, -0.25) is 4.57 Å². The van der Waals surface area contributed by atoms with Crippen LogP contribution in [0.1, 0.15) is 62.4 Å². The van der Waals surface area contributed by atoms with Crippen LogP contribution in [0, 0.1) is 13.8 Å². The van der Waals surface area contributed by atoms with Gasteiger partial charge >= 0.3 is 0 Å². The van der Waals surface area contributed by atoms with Crippen molar-refractivity contribution in [3.63, 3.8) is 0 Å². The minimum atomic E-state index is 0.0824. The van der Waals surface area contributed by atoms with Crippen molar-refractivity contribution in [3.8, 4) is 5.00 Å². The van der Waals surface area contributed by atoms with Gasteiger partial charge in [-0.2, -0.15) is 0 Å². The van der Waals surface area contributed by atoms with E-state index in [0.717, 1.165) is 17.0 Å². The second-order valence-corrected chi connectivity index (χ2v) is 8.84. The van der Waals surface area contributed by atoms with Gasteiger partial charge in [-0.1, -0.05) is 34.6 Å². The number of aromatic nitrogens is 3. The fourth-order valence-corrected chi connectivity index (χ4v) is 3.70. The molecule has 122 valence electrons. The van der Waals surface area contributed by atoms with Crippen LogP contribution in [-0.2, 0) is 5.41 Å². The number of rotatable bonds is 2. The number of aryl methyl sites for hydroxylation is 2. The van der Waals surface area contributed by atoms with Crippen molar-refractivity contribution in [2.75, 3.05) is 0 Å². The van der Waals surface area contributed by atoms with Crippen molar-refractivity contribution in [1.29, 1.82) is 0 Å². The fraction of sp³-hybridized carbons (Fsp3) is 0.474. The highest BCUT2D eigenvalue weighted by atomic mass is 32.1. The zero-order chi connectivity index (χ0) is 16.9. The van der Waals surface area contributed by atoms with E-state index in [1.807, 2.05) is 17.5 Å². The second kappa shape index (κ2) is 5.45. The van der Waals surface area contributed by atoms with Crippen LogP contribution in [0.5, 0.6) is 0 Å². The van der Waals surface area contributed by atoms with Gasteiger partial charge in [0.05, 0.1) is 0 Å². The maximum Gasteiger partial charge on any atom is 0.165 e. The first-order chi connectivity index (χ1) is 10.7. The third-order valence-electron chi connectivity index (χ3n) is 4.28. The summed E-state index contributed by atoms with van der Waals surface area (Å²) in [5, 5.41) is 1.21. The Morgan fingerprint density at radius 3 is 2.35 bits per heavy atom. The molecule has 0 aliphatic rings. The minimum Gasteiger partial charge on any atom is -0.271 e. The van der Waals surface area contributed by atoms with Gasteiger partial charge in [-0.25, -0.2) is 9.97 Å². The molecule has 0 fully saturated rings. The summed E-state index contributed by atoms with van der Waals surface area (Å²) in [5.74, 6) is 1.44. The molecule has 0 atom stereocenters. The van der Waals surface area contributed by atoms with Crippen LogP contribution in [0.15, 0.2) is 18.3 Å². The molecule has 0 saturated carbocycles. The van der Waals surface area contributed by atoms with Crippen LogP contribution in [0.2, 0.25) is 0 Å². The molecule has 0 amide bonds. The van der Waals surface area contributed by atoms with E-state index >= 15 is 0 Å². The summed E-state index contributed by atoms with van der Waals surface area (Å²) in [6.07, 6.45) is 2.00. The van der Waals surface area contributed by atoms with Gasteiger partial charge in [0, 0.05) is 17.0 Å². The van der Waals surface area contributed by atoms with Crippen molar-refractivity contribution in [1.82, 2.24) is 14.5 Å². The molecule has 4 heteroatoms. The van der Waals surface area contributed by atoms with Crippen LogP contribution in [-0.4, -0.2) is 14.5 Å². The van der Waals surface area contributed by atoms with E-state index in [2.05, 4.69) is 65.2 Å². The molecule has 3 aromatic heterocycles. The molecule has 0 unspecified atom stereocenters. The van der Waals surface area contributed by atoms with E-state index in [1.165, 1.54) is 21.0 Å². The lowest BCUT2D eigenvalue weighted by Crippen LogP contribution is -2.11. The summed E-state index contributed by atoms with van der Waals surface area (Å²) in [4.78, 5) is 11.0. The van der Waals surface area contributed by atoms with Crippen molar-refractivity contribution in [2.45, 2.75) is 59.8 Å². The minimum absolute atomic E-state index is 0.0824. The molecule has 0 radical (unpaired) electrons. The van der Waals surface area contributed by atoms with Gasteiger partial charge in [0.1, 0.15) is 16.3 Å². The second-order valence-electron chi connectivity index (χ2n) is 7.60. The van der Waals surface area contributed by atoms with Crippen molar-refractivity contribution < 1.29 is 0 Å². The van der Waals surface area contributed by atoms with Gasteiger partial charge in [-0.05, 0) is 42.5 Å². The molecule has 3 rings (SSSR count). The Bertz CT molecular complexity index is 843. The van der Waals surface area contributed by atoms with E-state index in [-0.39, 0.29) is 5.41 Å². The Kier molecular flexibility index (Phi) is 3.83. The van der Waals surface area contributed by atoms with Crippen LogP contribution in [0.25, 0.3) is 16.2 Å². The number of hydrogen-bond donors (Lipinski definition) is 0. The number of pyridine rings is 1. The maximum absolute atomic E-state index is 4.91. The molecule has 0 bridgehead atoms. The van der Waals surface area contributed by atoms with E-state index in [9.17, 15) is 0 Å². The molecule has 3 nitrogen and oxygen atoms in total. The molecular weight excluding hydrogens is 302 g/mol. The quantitative estimate of drug-likeness (QED) is 0.620. The Balaban J connectivity index is 2.29. The Morgan fingerprint density at radius 1 is 1.13 bits per heavy atom. The maximum atomic E-state index is 4.91. The molecule has 0 aliphatic heterocycles. The van der Waals surface area contributed by atoms with Crippen molar-refractivity contribution in [2.24, 2.45) is 0 Å². The Labute approximate surface area is 142 Å². The van der Waals surface area contributed by atoms with Gasteiger partial charge in [-0.15, -0.1) is 11.3 Å². The number of thiophene rings is 1. The lowest BCUT2D eigenvalue weighted by Gasteiger charge is -2.18. The zero-order valence-corrected chi connectivity index (χ0v) is 15.9. The zero-order valence-electron chi connectivity index (χ0n) is 15.1. The van der Waals surface area contributed by atoms with Crippen LogP contribution >= 0.6 is 11.3 Å². The summed E-state index contributed by atoms with van der Waals surface area (Å²) >= 11 is 1.81. The average molecular weight is 327 g/mol. The lowest BCUT2D eigenvalue weighted by molar-refractivity contribution is 0.588. The summed E-state index contributed by atoms with van der Waals surface area (Å²) in [5.41, 5.74) is 4.59. The average Bonchev–Trinajstić information content (AvgIpc) is 2.98.